The molecule has 19 heavy (non-hydrogen) atoms. The highest BCUT2D eigenvalue weighted by atomic mass is 16.2. The van der Waals surface area contributed by atoms with Crippen molar-refractivity contribution in [2.24, 2.45) is 0 Å². The molecule has 3 heteroatoms. The first-order chi connectivity index (χ1) is 9.25. The third-order valence-corrected chi connectivity index (χ3v) is 3.14. The van der Waals surface area contributed by atoms with Crippen molar-refractivity contribution in [1.29, 1.82) is 0 Å². The van der Waals surface area contributed by atoms with E-state index >= 15 is 0 Å². The van der Waals surface area contributed by atoms with Gasteiger partial charge in [0, 0.05) is 32.3 Å². The average molecular weight is 256 g/mol. The number of hydrogen-bond acceptors (Lipinski definition) is 2. The number of nitrogens with one attached hydrogen (secondary N) is 1. The molecule has 0 radical (unpaired) electrons. The summed E-state index contributed by atoms with van der Waals surface area (Å²) in [5.41, 5.74) is 2.39. The molecule has 0 saturated carbocycles. The highest BCUT2D eigenvalue weighted by Crippen LogP contribution is 2.05. The topological polar surface area (TPSA) is 32.3 Å². The minimum absolute atomic E-state index is 0.0926. The normalized spacial score (nSPS) is 16.4. The molecule has 2 rings (SSSR count). The number of hydrogen-bond donors (Lipinski definition) is 1. The first-order valence-electron chi connectivity index (χ1n) is 6.67. The quantitative estimate of drug-likeness (QED) is 0.662. The van der Waals surface area contributed by atoms with Crippen LogP contribution in [0.5, 0.6) is 0 Å². The molecule has 1 aliphatic heterocycles. The molecule has 0 atom stereocenters. The first kappa shape index (κ1) is 13.6. The lowest BCUT2D eigenvalue weighted by Gasteiger charge is -2.26. The van der Waals surface area contributed by atoms with Gasteiger partial charge in [-0.15, -0.1) is 0 Å². The van der Waals surface area contributed by atoms with Crippen LogP contribution in [0.2, 0.25) is 0 Å². The van der Waals surface area contributed by atoms with Gasteiger partial charge in [0.05, 0.1) is 0 Å². The Bertz CT molecular complexity index is 468. The van der Waals surface area contributed by atoms with Crippen LogP contribution in [0.4, 0.5) is 0 Å². The predicted molar refractivity (Wildman–Crippen MR) is 78.8 cm³/mol. The molecule has 0 unspecified atom stereocenters. The van der Waals surface area contributed by atoms with Crippen LogP contribution in [0.25, 0.3) is 6.08 Å². The number of carbonyl (C=O) groups is 1. The van der Waals surface area contributed by atoms with Crippen LogP contribution in [-0.2, 0) is 4.79 Å². The van der Waals surface area contributed by atoms with Gasteiger partial charge in [0.1, 0.15) is 0 Å². The van der Waals surface area contributed by atoms with Gasteiger partial charge < -0.3 is 10.2 Å². The largest absolute Gasteiger partial charge is 0.337 e. The number of carbonyl (C=O) groups excluding carboxylic acids is 1. The third kappa shape index (κ3) is 4.38. The molecule has 1 fully saturated rings. The third-order valence-electron chi connectivity index (χ3n) is 3.14. The lowest BCUT2D eigenvalue weighted by Crippen LogP contribution is -2.45. The fourth-order valence-electron chi connectivity index (χ4n) is 1.97. The molecule has 3 nitrogen and oxygen atoms in total. The van der Waals surface area contributed by atoms with E-state index in [4.69, 9.17) is 0 Å². The van der Waals surface area contributed by atoms with E-state index in [1.807, 2.05) is 23.1 Å². The zero-order valence-electron chi connectivity index (χ0n) is 11.3. The summed E-state index contributed by atoms with van der Waals surface area (Å²) in [6, 6.07) is 8.29. The lowest BCUT2D eigenvalue weighted by atomic mass is 10.1. The first-order valence-corrected chi connectivity index (χ1v) is 6.67. The summed E-state index contributed by atoms with van der Waals surface area (Å²) in [5.74, 6) is 0.0926. The van der Waals surface area contributed by atoms with E-state index in [1.165, 1.54) is 5.56 Å². The Hall–Kier alpha value is -1.87. The molecule has 0 aliphatic carbocycles. The SMILES string of the molecule is Cc1ccc(/C=C/C=C/C(=O)N2CCNCC2)cc1. The lowest BCUT2D eigenvalue weighted by molar-refractivity contribution is -0.126. The molecule has 1 amide bonds. The zero-order valence-corrected chi connectivity index (χ0v) is 11.3. The van der Waals surface area contributed by atoms with Crippen molar-refractivity contribution in [3.63, 3.8) is 0 Å². The van der Waals surface area contributed by atoms with E-state index in [9.17, 15) is 4.79 Å². The van der Waals surface area contributed by atoms with E-state index in [1.54, 1.807) is 6.08 Å². The van der Waals surface area contributed by atoms with Crippen LogP contribution in [-0.4, -0.2) is 37.0 Å². The van der Waals surface area contributed by atoms with E-state index in [-0.39, 0.29) is 5.91 Å². The monoisotopic (exact) mass is 256 g/mol. The molecule has 0 aromatic heterocycles. The van der Waals surface area contributed by atoms with E-state index in [2.05, 4.69) is 36.5 Å². The molecular formula is C16H20N2O. The molecular weight excluding hydrogens is 236 g/mol. The molecule has 1 aromatic carbocycles. The van der Waals surface area contributed by atoms with Gasteiger partial charge in [0.15, 0.2) is 0 Å². The number of piperazine rings is 1. The summed E-state index contributed by atoms with van der Waals surface area (Å²) in [6.07, 6.45) is 7.35. The maximum atomic E-state index is 11.8. The van der Waals surface area contributed by atoms with Gasteiger partial charge in [-0.2, -0.15) is 0 Å². The van der Waals surface area contributed by atoms with Crippen molar-refractivity contribution < 1.29 is 4.79 Å². The fourth-order valence-corrected chi connectivity index (χ4v) is 1.97. The van der Waals surface area contributed by atoms with E-state index in [0.29, 0.717) is 0 Å². The van der Waals surface area contributed by atoms with Crippen molar-refractivity contribution in [1.82, 2.24) is 10.2 Å². The van der Waals surface area contributed by atoms with Crippen molar-refractivity contribution in [2.45, 2.75) is 6.92 Å². The summed E-state index contributed by atoms with van der Waals surface area (Å²) in [4.78, 5) is 13.7. The minimum Gasteiger partial charge on any atom is -0.337 e. The smallest absolute Gasteiger partial charge is 0.246 e. The standard InChI is InChI=1S/C16H20N2O/c1-14-6-8-15(9-7-14)4-2-3-5-16(19)18-12-10-17-11-13-18/h2-9,17H,10-13H2,1H3/b4-2+,5-3+. The van der Waals surface area contributed by atoms with Crippen LogP contribution < -0.4 is 5.32 Å². The Labute approximate surface area is 114 Å². The molecule has 0 spiro atoms. The van der Waals surface area contributed by atoms with Gasteiger partial charge in [0.2, 0.25) is 5.91 Å². The van der Waals surface area contributed by atoms with Crippen LogP contribution >= 0.6 is 0 Å². The van der Waals surface area contributed by atoms with Crippen LogP contribution in [0.3, 0.4) is 0 Å². The maximum Gasteiger partial charge on any atom is 0.246 e. The second kappa shape index (κ2) is 6.90. The Morgan fingerprint density at radius 1 is 1.16 bits per heavy atom. The maximum absolute atomic E-state index is 11.8. The Morgan fingerprint density at radius 2 is 1.84 bits per heavy atom. The number of allylic oxidation sites excluding steroid dienone is 2. The molecule has 1 heterocycles. The van der Waals surface area contributed by atoms with E-state index < -0.39 is 0 Å². The fraction of sp³-hybridized carbons (Fsp3) is 0.312. The number of rotatable bonds is 3. The number of aryl methyl sites for hydroxylation is 1. The van der Waals surface area contributed by atoms with Gasteiger partial charge in [-0.1, -0.05) is 48.1 Å². The highest BCUT2D eigenvalue weighted by molar-refractivity contribution is 5.88. The van der Waals surface area contributed by atoms with Gasteiger partial charge >= 0.3 is 0 Å². The molecule has 1 aromatic rings. The Kier molecular flexibility index (Phi) is 4.93. The van der Waals surface area contributed by atoms with Gasteiger partial charge in [-0.05, 0) is 12.5 Å². The molecule has 0 bridgehead atoms. The number of amides is 1. The second-order valence-electron chi connectivity index (χ2n) is 4.70. The molecule has 1 N–H and O–H groups in total. The number of benzene rings is 1. The molecule has 1 aliphatic rings. The van der Waals surface area contributed by atoms with Crippen molar-refractivity contribution in [2.75, 3.05) is 26.2 Å². The van der Waals surface area contributed by atoms with Crippen molar-refractivity contribution >= 4 is 12.0 Å². The zero-order chi connectivity index (χ0) is 13.5. The van der Waals surface area contributed by atoms with Crippen molar-refractivity contribution in [3.8, 4) is 0 Å². The van der Waals surface area contributed by atoms with Gasteiger partial charge in [-0.3, -0.25) is 4.79 Å². The summed E-state index contributed by atoms with van der Waals surface area (Å²) in [7, 11) is 0. The van der Waals surface area contributed by atoms with E-state index in [0.717, 1.165) is 31.7 Å². The van der Waals surface area contributed by atoms with Crippen LogP contribution in [0, 0.1) is 6.92 Å². The summed E-state index contributed by atoms with van der Waals surface area (Å²) in [5, 5.41) is 3.23. The van der Waals surface area contributed by atoms with Gasteiger partial charge in [-0.25, -0.2) is 0 Å². The van der Waals surface area contributed by atoms with Crippen LogP contribution in [0.1, 0.15) is 11.1 Å². The van der Waals surface area contributed by atoms with Crippen molar-refractivity contribution in [3.05, 3.63) is 53.6 Å². The second-order valence-corrected chi connectivity index (χ2v) is 4.70. The Morgan fingerprint density at radius 3 is 2.53 bits per heavy atom. The number of nitrogens with zero attached hydrogens (tertiary/aromatic N) is 1. The molecule has 1 saturated heterocycles. The average Bonchev–Trinajstić information content (AvgIpc) is 2.46. The summed E-state index contributed by atoms with van der Waals surface area (Å²) >= 11 is 0. The minimum atomic E-state index is 0.0926. The molecule has 100 valence electrons. The highest BCUT2D eigenvalue weighted by Gasteiger charge is 2.12. The van der Waals surface area contributed by atoms with Gasteiger partial charge in [0.25, 0.3) is 0 Å². The Balaban J connectivity index is 1.85. The predicted octanol–water partition coefficient (Wildman–Crippen LogP) is 2.00. The summed E-state index contributed by atoms with van der Waals surface area (Å²) < 4.78 is 0. The van der Waals surface area contributed by atoms with Crippen LogP contribution in [0.15, 0.2) is 42.5 Å². The summed E-state index contributed by atoms with van der Waals surface area (Å²) in [6.45, 7) is 5.44.